The number of rotatable bonds is 6. The van der Waals surface area contributed by atoms with Crippen LogP contribution in [0.5, 0.6) is 11.5 Å². The summed E-state index contributed by atoms with van der Waals surface area (Å²) in [5.74, 6) is 1.78. The van der Waals surface area contributed by atoms with Gasteiger partial charge in [0.25, 0.3) is 5.89 Å². The fourth-order valence-corrected chi connectivity index (χ4v) is 2.08. The summed E-state index contributed by atoms with van der Waals surface area (Å²) in [6.45, 7) is 3.85. The van der Waals surface area contributed by atoms with Gasteiger partial charge in [0.15, 0.2) is 12.4 Å². The zero-order valence-electron chi connectivity index (χ0n) is 14.0. The molecule has 0 spiro atoms. The Morgan fingerprint density at radius 2 is 1.84 bits per heavy atom. The Morgan fingerprint density at radius 1 is 1.08 bits per heavy atom. The number of nitrogens with zero attached hydrogens (tertiary/aromatic N) is 2. The van der Waals surface area contributed by atoms with Gasteiger partial charge in [-0.2, -0.15) is 4.98 Å². The number of carbonyl (C=O) groups is 1. The van der Waals surface area contributed by atoms with E-state index in [1.807, 2.05) is 44.2 Å². The van der Waals surface area contributed by atoms with Gasteiger partial charge in [-0.05, 0) is 30.3 Å². The third-order valence-electron chi connectivity index (χ3n) is 3.38. The lowest BCUT2D eigenvalue weighted by Crippen LogP contribution is -2.05. The summed E-state index contributed by atoms with van der Waals surface area (Å²) in [5, 5.41) is 3.83. The van der Waals surface area contributed by atoms with Crippen molar-refractivity contribution >= 4 is 5.97 Å². The molecule has 0 N–H and O–H groups in total. The number of hydrogen-bond donors (Lipinski definition) is 0. The zero-order valence-corrected chi connectivity index (χ0v) is 14.0. The predicted octanol–water partition coefficient (Wildman–Crippen LogP) is 4.34. The van der Waals surface area contributed by atoms with Crippen LogP contribution in [0.15, 0.2) is 59.1 Å². The van der Waals surface area contributed by atoms with E-state index in [2.05, 4.69) is 10.1 Å². The van der Waals surface area contributed by atoms with Crippen LogP contribution in [0, 0.1) is 0 Å². The van der Waals surface area contributed by atoms with Crippen molar-refractivity contribution in [1.82, 2.24) is 10.1 Å². The van der Waals surface area contributed by atoms with E-state index in [0.717, 1.165) is 0 Å². The van der Waals surface area contributed by atoms with Crippen molar-refractivity contribution in [2.45, 2.75) is 26.4 Å². The average molecular weight is 338 g/mol. The smallest absolute Gasteiger partial charge is 0.338 e. The molecular formula is C19H18N2O4. The third kappa shape index (κ3) is 4.44. The quantitative estimate of drug-likeness (QED) is 0.622. The van der Waals surface area contributed by atoms with Crippen molar-refractivity contribution in [3.8, 4) is 11.5 Å². The number of benzene rings is 2. The maximum Gasteiger partial charge on any atom is 0.338 e. The van der Waals surface area contributed by atoms with Crippen molar-refractivity contribution in [2.24, 2.45) is 0 Å². The first-order valence-electron chi connectivity index (χ1n) is 7.94. The molecule has 0 bridgehead atoms. The fourth-order valence-electron chi connectivity index (χ4n) is 2.08. The lowest BCUT2D eigenvalue weighted by atomic mass is 10.2. The predicted molar refractivity (Wildman–Crippen MR) is 90.5 cm³/mol. The number of hydrogen-bond acceptors (Lipinski definition) is 6. The Labute approximate surface area is 145 Å². The van der Waals surface area contributed by atoms with Gasteiger partial charge < -0.3 is 14.0 Å². The standard InChI is InChI=1S/C19H18N2O4/c1-13(2)18-20-17(25-21-18)12-23-19(22)14-7-6-10-16(11-14)24-15-8-4-3-5-9-15/h3-11,13H,12H2,1-2H3. The highest BCUT2D eigenvalue weighted by Crippen LogP contribution is 2.22. The number of carbonyl (C=O) groups excluding carboxylic acids is 1. The molecule has 2 aromatic carbocycles. The van der Waals surface area contributed by atoms with Crippen LogP contribution in [-0.4, -0.2) is 16.1 Å². The first-order chi connectivity index (χ1) is 12.1. The Balaban J connectivity index is 1.62. The van der Waals surface area contributed by atoms with Crippen LogP contribution in [0.3, 0.4) is 0 Å². The summed E-state index contributed by atoms with van der Waals surface area (Å²) in [6, 6.07) is 16.1. The number of ether oxygens (including phenoxy) is 2. The summed E-state index contributed by atoms with van der Waals surface area (Å²) in [4.78, 5) is 16.4. The van der Waals surface area contributed by atoms with Gasteiger partial charge in [-0.3, -0.25) is 0 Å². The number of para-hydroxylation sites is 1. The lowest BCUT2D eigenvalue weighted by Gasteiger charge is -2.07. The van der Waals surface area contributed by atoms with Crippen molar-refractivity contribution in [2.75, 3.05) is 0 Å². The van der Waals surface area contributed by atoms with Crippen molar-refractivity contribution in [3.63, 3.8) is 0 Å². The molecule has 3 aromatic rings. The van der Waals surface area contributed by atoms with Crippen LogP contribution < -0.4 is 4.74 Å². The second-order valence-electron chi connectivity index (χ2n) is 5.72. The molecule has 25 heavy (non-hydrogen) atoms. The molecule has 0 atom stereocenters. The minimum absolute atomic E-state index is 0.0671. The molecule has 6 nitrogen and oxygen atoms in total. The average Bonchev–Trinajstić information content (AvgIpc) is 3.10. The second-order valence-corrected chi connectivity index (χ2v) is 5.72. The molecular weight excluding hydrogens is 320 g/mol. The maximum atomic E-state index is 12.2. The number of aromatic nitrogens is 2. The lowest BCUT2D eigenvalue weighted by molar-refractivity contribution is 0.0429. The second kappa shape index (κ2) is 7.61. The molecule has 0 aliphatic carbocycles. The minimum atomic E-state index is -0.484. The molecule has 128 valence electrons. The summed E-state index contributed by atoms with van der Waals surface area (Å²) >= 11 is 0. The normalized spacial score (nSPS) is 10.7. The van der Waals surface area contributed by atoms with Gasteiger partial charge in [0.1, 0.15) is 11.5 Å². The van der Waals surface area contributed by atoms with Gasteiger partial charge in [0, 0.05) is 5.92 Å². The molecule has 3 rings (SSSR count). The van der Waals surface area contributed by atoms with E-state index in [0.29, 0.717) is 22.9 Å². The van der Waals surface area contributed by atoms with Crippen LogP contribution in [0.25, 0.3) is 0 Å². The first-order valence-corrected chi connectivity index (χ1v) is 7.94. The molecule has 0 saturated heterocycles. The van der Waals surface area contributed by atoms with E-state index >= 15 is 0 Å². The van der Waals surface area contributed by atoms with E-state index in [9.17, 15) is 4.79 Å². The van der Waals surface area contributed by atoms with Gasteiger partial charge in [0.05, 0.1) is 5.56 Å². The van der Waals surface area contributed by atoms with Crippen LogP contribution >= 0.6 is 0 Å². The van der Waals surface area contributed by atoms with Gasteiger partial charge in [-0.25, -0.2) is 4.79 Å². The van der Waals surface area contributed by atoms with Gasteiger partial charge in [-0.1, -0.05) is 43.3 Å². The summed E-state index contributed by atoms with van der Waals surface area (Å²) in [5.41, 5.74) is 0.386. The minimum Gasteiger partial charge on any atom is -0.457 e. The molecule has 1 heterocycles. The molecule has 0 aliphatic heterocycles. The molecule has 0 radical (unpaired) electrons. The Kier molecular flexibility index (Phi) is 5.09. The molecule has 0 amide bonds. The molecule has 6 heteroatoms. The largest absolute Gasteiger partial charge is 0.457 e. The van der Waals surface area contributed by atoms with E-state index in [4.69, 9.17) is 14.0 Å². The highest BCUT2D eigenvalue weighted by atomic mass is 16.6. The highest BCUT2D eigenvalue weighted by molar-refractivity contribution is 5.89. The van der Waals surface area contributed by atoms with Gasteiger partial charge in [0.2, 0.25) is 0 Å². The van der Waals surface area contributed by atoms with E-state index < -0.39 is 5.97 Å². The molecule has 1 aromatic heterocycles. The van der Waals surface area contributed by atoms with Crippen molar-refractivity contribution < 1.29 is 18.8 Å². The highest BCUT2D eigenvalue weighted by Gasteiger charge is 2.13. The maximum absolute atomic E-state index is 12.2. The molecule has 0 fully saturated rings. The summed E-state index contributed by atoms with van der Waals surface area (Å²) < 4.78 is 16.0. The Hall–Kier alpha value is -3.15. The van der Waals surface area contributed by atoms with E-state index in [1.165, 1.54) is 0 Å². The van der Waals surface area contributed by atoms with Crippen LogP contribution in [0.2, 0.25) is 0 Å². The third-order valence-corrected chi connectivity index (χ3v) is 3.38. The summed E-state index contributed by atoms with van der Waals surface area (Å²) in [6.07, 6.45) is 0. The Morgan fingerprint density at radius 3 is 2.56 bits per heavy atom. The fraction of sp³-hybridized carbons (Fsp3) is 0.211. The van der Waals surface area contributed by atoms with Gasteiger partial charge in [-0.15, -0.1) is 0 Å². The van der Waals surface area contributed by atoms with Crippen LogP contribution in [0.1, 0.15) is 41.8 Å². The Bertz CT molecular complexity index is 843. The molecule has 0 unspecified atom stereocenters. The molecule has 0 saturated carbocycles. The van der Waals surface area contributed by atoms with Crippen LogP contribution in [0.4, 0.5) is 0 Å². The van der Waals surface area contributed by atoms with Crippen LogP contribution in [-0.2, 0) is 11.3 Å². The van der Waals surface area contributed by atoms with E-state index in [-0.39, 0.29) is 18.4 Å². The number of esters is 1. The topological polar surface area (TPSA) is 74.5 Å². The SMILES string of the molecule is CC(C)c1noc(COC(=O)c2cccc(Oc3ccccc3)c2)n1. The summed E-state index contributed by atoms with van der Waals surface area (Å²) in [7, 11) is 0. The first kappa shape index (κ1) is 16.7. The van der Waals surface area contributed by atoms with Crippen molar-refractivity contribution in [1.29, 1.82) is 0 Å². The molecule has 0 aliphatic rings. The van der Waals surface area contributed by atoms with Gasteiger partial charge >= 0.3 is 5.97 Å². The monoisotopic (exact) mass is 338 g/mol. The zero-order chi connectivity index (χ0) is 17.6. The van der Waals surface area contributed by atoms with Crippen molar-refractivity contribution in [3.05, 3.63) is 71.9 Å². The van der Waals surface area contributed by atoms with E-state index in [1.54, 1.807) is 24.3 Å².